The number of allylic oxidation sites excluding steroid dienone is 1. The normalized spacial score (nSPS) is 14.8. The lowest BCUT2D eigenvalue weighted by Crippen LogP contribution is -2.00. The molecule has 0 radical (unpaired) electrons. The van der Waals surface area contributed by atoms with Gasteiger partial charge in [0, 0.05) is 5.57 Å². The van der Waals surface area contributed by atoms with Crippen LogP contribution in [-0.2, 0) is 0 Å². The smallest absolute Gasteiger partial charge is 0.113 e. The van der Waals surface area contributed by atoms with Crippen LogP contribution in [0.4, 0.5) is 0 Å². The number of aromatic nitrogens is 3. The van der Waals surface area contributed by atoms with Crippen molar-refractivity contribution in [1.82, 2.24) is 15.4 Å². The molecule has 0 saturated heterocycles. The average Bonchev–Trinajstić information content (AvgIpc) is 3.03. The molecular weight excluding hydrogens is 248 g/mol. The minimum Gasteiger partial charge on any atom is -0.265 e. The van der Waals surface area contributed by atoms with Crippen LogP contribution < -0.4 is 0 Å². The summed E-state index contributed by atoms with van der Waals surface area (Å²) in [4.78, 5) is 0. The minimum absolute atomic E-state index is 0.682. The van der Waals surface area contributed by atoms with Gasteiger partial charge in [-0.25, -0.2) is 0 Å². The monoisotopic (exact) mass is 264 g/mol. The third kappa shape index (κ3) is 2.48. The number of nitrogens with one attached hydrogen (secondary N) is 1. The van der Waals surface area contributed by atoms with Crippen molar-refractivity contribution in [1.29, 1.82) is 5.26 Å². The van der Waals surface area contributed by atoms with E-state index in [4.69, 9.17) is 5.26 Å². The van der Waals surface area contributed by atoms with E-state index in [9.17, 15) is 0 Å². The molecular formula is C16H16N4. The average molecular weight is 264 g/mol. The van der Waals surface area contributed by atoms with Gasteiger partial charge in [-0.05, 0) is 43.4 Å². The van der Waals surface area contributed by atoms with E-state index >= 15 is 0 Å². The van der Waals surface area contributed by atoms with Gasteiger partial charge in [0.15, 0.2) is 0 Å². The summed E-state index contributed by atoms with van der Waals surface area (Å²) in [5.74, 6) is 0. The van der Waals surface area contributed by atoms with Crippen molar-refractivity contribution in [3.8, 4) is 6.07 Å². The van der Waals surface area contributed by atoms with Crippen LogP contribution in [0.25, 0.3) is 5.57 Å². The molecule has 4 nitrogen and oxygen atoms in total. The first kappa shape index (κ1) is 12.6. The van der Waals surface area contributed by atoms with E-state index in [0.29, 0.717) is 5.56 Å². The van der Waals surface area contributed by atoms with E-state index in [0.717, 1.165) is 24.1 Å². The standard InChI is InChI=1S/C16H16N4/c17-10-12-6-8-14(9-7-12)16(15-11-18-20-19-15)13-4-2-1-3-5-13/h6-9,11H,1-5H2,(H,18,19,20). The summed E-state index contributed by atoms with van der Waals surface area (Å²) in [6, 6.07) is 9.89. The van der Waals surface area contributed by atoms with Gasteiger partial charge < -0.3 is 0 Å². The lowest BCUT2D eigenvalue weighted by atomic mass is 9.87. The van der Waals surface area contributed by atoms with Crippen molar-refractivity contribution in [2.75, 3.05) is 0 Å². The number of H-pyrrole nitrogens is 1. The van der Waals surface area contributed by atoms with Crippen LogP contribution in [0.2, 0.25) is 0 Å². The Morgan fingerprint density at radius 3 is 2.45 bits per heavy atom. The molecule has 4 heteroatoms. The molecule has 2 aromatic rings. The van der Waals surface area contributed by atoms with Crippen LogP contribution in [0.15, 0.2) is 36.0 Å². The molecule has 0 unspecified atom stereocenters. The molecule has 1 aliphatic carbocycles. The second-order valence-electron chi connectivity index (χ2n) is 5.09. The van der Waals surface area contributed by atoms with Crippen LogP contribution in [0.5, 0.6) is 0 Å². The minimum atomic E-state index is 0.682. The summed E-state index contributed by atoms with van der Waals surface area (Å²) in [5.41, 5.74) is 5.33. The molecule has 1 heterocycles. The highest BCUT2D eigenvalue weighted by molar-refractivity contribution is 5.80. The Kier molecular flexibility index (Phi) is 3.60. The van der Waals surface area contributed by atoms with Gasteiger partial charge in [-0.1, -0.05) is 29.3 Å². The van der Waals surface area contributed by atoms with Crippen LogP contribution in [-0.4, -0.2) is 15.4 Å². The van der Waals surface area contributed by atoms with Crippen LogP contribution in [0, 0.1) is 11.3 Å². The van der Waals surface area contributed by atoms with E-state index in [1.807, 2.05) is 30.5 Å². The summed E-state index contributed by atoms with van der Waals surface area (Å²) in [6.07, 6.45) is 7.89. The highest BCUT2D eigenvalue weighted by Gasteiger charge is 2.16. The lowest BCUT2D eigenvalue weighted by molar-refractivity contribution is 0.600. The second kappa shape index (κ2) is 5.70. The molecule has 1 N–H and O–H groups in total. The van der Waals surface area contributed by atoms with Gasteiger partial charge in [-0.3, -0.25) is 5.10 Å². The van der Waals surface area contributed by atoms with E-state index in [1.54, 1.807) is 0 Å². The maximum atomic E-state index is 8.91. The summed E-state index contributed by atoms with van der Waals surface area (Å²) < 4.78 is 0. The van der Waals surface area contributed by atoms with E-state index in [2.05, 4.69) is 21.5 Å². The second-order valence-corrected chi connectivity index (χ2v) is 5.09. The maximum Gasteiger partial charge on any atom is 0.113 e. The summed E-state index contributed by atoms with van der Waals surface area (Å²) >= 11 is 0. The van der Waals surface area contributed by atoms with Gasteiger partial charge in [0.2, 0.25) is 0 Å². The fraction of sp³-hybridized carbons (Fsp3) is 0.312. The van der Waals surface area contributed by atoms with Crippen LogP contribution in [0.1, 0.15) is 48.9 Å². The Morgan fingerprint density at radius 1 is 1.10 bits per heavy atom. The van der Waals surface area contributed by atoms with Gasteiger partial charge >= 0.3 is 0 Å². The lowest BCUT2D eigenvalue weighted by Gasteiger charge is -2.18. The van der Waals surface area contributed by atoms with Gasteiger partial charge in [-0.2, -0.15) is 5.26 Å². The quantitative estimate of drug-likeness (QED) is 0.903. The van der Waals surface area contributed by atoms with Gasteiger partial charge in [0.25, 0.3) is 0 Å². The first-order valence-electron chi connectivity index (χ1n) is 6.98. The number of aromatic amines is 1. The number of hydrogen-bond donors (Lipinski definition) is 1. The Hall–Kier alpha value is -2.41. The Balaban J connectivity index is 2.07. The van der Waals surface area contributed by atoms with Gasteiger partial charge in [0.1, 0.15) is 5.69 Å². The van der Waals surface area contributed by atoms with Crippen molar-refractivity contribution < 1.29 is 0 Å². The molecule has 1 aromatic carbocycles. The maximum absolute atomic E-state index is 8.91. The Bertz CT molecular complexity index is 637. The van der Waals surface area contributed by atoms with Crippen molar-refractivity contribution in [3.63, 3.8) is 0 Å². The molecule has 1 fully saturated rings. The van der Waals surface area contributed by atoms with Crippen molar-refractivity contribution in [2.24, 2.45) is 0 Å². The summed E-state index contributed by atoms with van der Waals surface area (Å²) in [5, 5.41) is 19.7. The van der Waals surface area contributed by atoms with E-state index in [1.165, 1.54) is 30.4 Å². The van der Waals surface area contributed by atoms with Gasteiger partial charge in [0.05, 0.1) is 17.8 Å². The molecule has 3 rings (SSSR count). The number of benzene rings is 1. The topological polar surface area (TPSA) is 65.4 Å². The number of nitrogens with zero attached hydrogens (tertiary/aromatic N) is 3. The third-order valence-corrected chi connectivity index (χ3v) is 3.79. The van der Waals surface area contributed by atoms with Crippen LogP contribution >= 0.6 is 0 Å². The molecule has 1 aliphatic rings. The van der Waals surface area contributed by atoms with Crippen LogP contribution in [0.3, 0.4) is 0 Å². The molecule has 0 aliphatic heterocycles. The molecule has 0 bridgehead atoms. The SMILES string of the molecule is N#Cc1ccc(C(=C2CCCCC2)c2c[nH]nn2)cc1. The fourth-order valence-corrected chi connectivity index (χ4v) is 2.80. The zero-order valence-corrected chi connectivity index (χ0v) is 11.3. The van der Waals surface area contributed by atoms with Crippen molar-refractivity contribution in [3.05, 3.63) is 52.9 Å². The molecule has 100 valence electrons. The Morgan fingerprint density at radius 2 is 1.85 bits per heavy atom. The largest absolute Gasteiger partial charge is 0.265 e. The van der Waals surface area contributed by atoms with E-state index in [-0.39, 0.29) is 0 Å². The predicted molar refractivity (Wildman–Crippen MR) is 76.6 cm³/mol. The highest BCUT2D eigenvalue weighted by Crippen LogP contribution is 2.33. The molecule has 1 saturated carbocycles. The molecule has 1 aromatic heterocycles. The zero-order chi connectivity index (χ0) is 13.8. The molecule has 0 spiro atoms. The third-order valence-electron chi connectivity index (χ3n) is 3.79. The van der Waals surface area contributed by atoms with Crippen molar-refractivity contribution in [2.45, 2.75) is 32.1 Å². The molecule has 0 amide bonds. The number of rotatable bonds is 2. The fourth-order valence-electron chi connectivity index (χ4n) is 2.80. The first-order chi connectivity index (χ1) is 9.88. The van der Waals surface area contributed by atoms with Gasteiger partial charge in [-0.15, -0.1) is 5.10 Å². The molecule has 20 heavy (non-hydrogen) atoms. The summed E-state index contributed by atoms with van der Waals surface area (Å²) in [6.45, 7) is 0. The van der Waals surface area contributed by atoms with Crippen molar-refractivity contribution >= 4 is 5.57 Å². The highest BCUT2D eigenvalue weighted by atomic mass is 15.3. The number of hydrogen-bond acceptors (Lipinski definition) is 3. The van der Waals surface area contributed by atoms with E-state index < -0.39 is 0 Å². The first-order valence-corrected chi connectivity index (χ1v) is 6.98. The number of nitriles is 1. The molecule has 0 atom stereocenters. The Labute approximate surface area is 118 Å². The summed E-state index contributed by atoms with van der Waals surface area (Å²) in [7, 11) is 0. The zero-order valence-electron chi connectivity index (χ0n) is 11.3. The predicted octanol–water partition coefficient (Wildman–Crippen LogP) is 3.44.